The summed E-state index contributed by atoms with van der Waals surface area (Å²) in [6, 6.07) is 14.2. The third-order valence-corrected chi connectivity index (χ3v) is 6.71. The van der Waals surface area contributed by atoms with Crippen molar-refractivity contribution in [3.63, 3.8) is 0 Å². The van der Waals surface area contributed by atoms with Gasteiger partial charge in [-0.1, -0.05) is 41.9 Å². The lowest BCUT2D eigenvalue weighted by Crippen LogP contribution is -2.48. The van der Waals surface area contributed by atoms with Gasteiger partial charge in [-0.3, -0.25) is 9.59 Å². The Morgan fingerprint density at radius 2 is 1.87 bits per heavy atom. The van der Waals surface area contributed by atoms with Crippen molar-refractivity contribution in [3.05, 3.63) is 71.1 Å². The van der Waals surface area contributed by atoms with Crippen molar-refractivity contribution in [2.75, 3.05) is 19.6 Å². The minimum atomic E-state index is -0.264. The lowest BCUT2D eigenvalue weighted by Gasteiger charge is -2.42. The topological polar surface area (TPSA) is 66.7 Å². The molecule has 0 aliphatic carbocycles. The van der Waals surface area contributed by atoms with E-state index in [9.17, 15) is 9.59 Å². The fraction of sp³-hybridized carbons (Fsp3) is 0.348. The van der Waals surface area contributed by atoms with Crippen LogP contribution in [0.15, 0.2) is 54.9 Å². The molecule has 7 heteroatoms. The van der Waals surface area contributed by atoms with Crippen LogP contribution >= 0.6 is 11.6 Å². The molecule has 1 unspecified atom stereocenters. The lowest BCUT2D eigenvalue weighted by molar-refractivity contribution is -0.137. The predicted octanol–water partition coefficient (Wildman–Crippen LogP) is 3.03. The molecule has 2 fully saturated rings. The van der Waals surface area contributed by atoms with Crippen molar-refractivity contribution in [2.24, 2.45) is 5.92 Å². The number of aromatic nitrogens is 2. The first-order chi connectivity index (χ1) is 14.5. The number of likely N-dealkylation sites (tertiary alicyclic amines) is 1. The van der Waals surface area contributed by atoms with E-state index in [1.54, 1.807) is 0 Å². The second-order valence-electron chi connectivity index (χ2n) is 8.22. The average Bonchev–Trinajstić information content (AvgIpc) is 3.40. The van der Waals surface area contributed by atoms with Crippen LogP contribution in [-0.4, -0.2) is 45.7 Å². The van der Waals surface area contributed by atoms with Crippen LogP contribution in [0.5, 0.6) is 0 Å². The molecule has 2 saturated heterocycles. The third kappa shape index (κ3) is 3.25. The molecule has 0 saturated carbocycles. The number of halogens is 1. The average molecular weight is 423 g/mol. The van der Waals surface area contributed by atoms with Crippen LogP contribution in [0.1, 0.15) is 30.5 Å². The molecule has 1 aromatic carbocycles. The van der Waals surface area contributed by atoms with Crippen molar-refractivity contribution < 1.29 is 9.59 Å². The number of nitrogens with zero attached hydrogens (tertiary/aromatic N) is 3. The molecule has 3 aromatic rings. The van der Waals surface area contributed by atoms with Gasteiger partial charge in [0.15, 0.2) is 0 Å². The Kier molecular flexibility index (Phi) is 4.74. The summed E-state index contributed by atoms with van der Waals surface area (Å²) in [7, 11) is 0. The van der Waals surface area contributed by atoms with E-state index in [1.165, 1.54) is 5.56 Å². The largest absolute Gasteiger partial charge is 0.355 e. The molecule has 6 nitrogen and oxygen atoms in total. The normalized spacial score (nSPS) is 21.0. The van der Waals surface area contributed by atoms with Gasteiger partial charge >= 0.3 is 0 Å². The van der Waals surface area contributed by atoms with E-state index in [-0.39, 0.29) is 23.1 Å². The maximum Gasteiger partial charge on any atom is 0.227 e. The monoisotopic (exact) mass is 422 g/mol. The summed E-state index contributed by atoms with van der Waals surface area (Å²) in [6.45, 7) is 1.74. The number of hydrogen-bond donors (Lipinski definition) is 1. The number of pyridine rings is 1. The lowest BCUT2D eigenvalue weighted by atomic mass is 9.70. The van der Waals surface area contributed by atoms with Gasteiger partial charge in [0.05, 0.1) is 16.6 Å². The Bertz CT molecular complexity index is 1100. The SMILES string of the molecule is O=C1CC(C(=O)N2CCC(c3ccccc3)(c3cn4cc(Cl)ccc4n3)CC2)CN1. The van der Waals surface area contributed by atoms with E-state index >= 15 is 0 Å². The molecule has 4 heterocycles. The number of benzene rings is 1. The van der Waals surface area contributed by atoms with Crippen molar-refractivity contribution >= 4 is 29.1 Å². The zero-order valence-corrected chi connectivity index (χ0v) is 17.3. The van der Waals surface area contributed by atoms with Crippen LogP contribution in [0.2, 0.25) is 5.02 Å². The second kappa shape index (κ2) is 7.43. The molecule has 0 spiro atoms. The molecule has 5 rings (SSSR count). The van der Waals surface area contributed by atoms with E-state index < -0.39 is 0 Å². The Morgan fingerprint density at radius 3 is 2.57 bits per heavy atom. The molecule has 1 atom stereocenters. The fourth-order valence-corrected chi connectivity index (χ4v) is 4.96. The molecule has 2 aliphatic rings. The van der Waals surface area contributed by atoms with Gasteiger partial charge in [0.1, 0.15) is 5.65 Å². The summed E-state index contributed by atoms with van der Waals surface area (Å²) >= 11 is 6.17. The summed E-state index contributed by atoms with van der Waals surface area (Å²) in [5.74, 6) is -0.191. The molecule has 30 heavy (non-hydrogen) atoms. The Balaban J connectivity index is 1.47. The van der Waals surface area contributed by atoms with Crippen molar-refractivity contribution in [1.82, 2.24) is 19.6 Å². The quantitative estimate of drug-likeness (QED) is 0.705. The van der Waals surface area contributed by atoms with Crippen LogP contribution in [0, 0.1) is 5.92 Å². The van der Waals surface area contributed by atoms with Gasteiger partial charge in [0.25, 0.3) is 0 Å². The van der Waals surface area contributed by atoms with Gasteiger partial charge in [0, 0.05) is 43.9 Å². The number of carbonyl (C=O) groups is 2. The number of rotatable bonds is 3. The molecular formula is C23H23ClN4O2. The van der Waals surface area contributed by atoms with Crippen molar-refractivity contribution in [3.8, 4) is 0 Å². The summed E-state index contributed by atoms with van der Waals surface area (Å²) in [5, 5.41) is 3.43. The van der Waals surface area contributed by atoms with Crippen LogP contribution in [0.3, 0.4) is 0 Å². The number of nitrogens with one attached hydrogen (secondary N) is 1. The van der Waals surface area contributed by atoms with Crippen LogP contribution in [0.4, 0.5) is 0 Å². The first kappa shape index (κ1) is 19.1. The minimum absolute atomic E-state index is 0.0349. The number of piperidine rings is 1. The van der Waals surface area contributed by atoms with Gasteiger partial charge < -0.3 is 14.6 Å². The fourth-order valence-electron chi connectivity index (χ4n) is 4.79. The van der Waals surface area contributed by atoms with Gasteiger partial charge in [-0.05, 0) is 30.5 Å². The maximum atomic E-state index is 12.9. The van der Waals surface area contributed by atoms with Crippen LogP contribution < -0.4 is 5.32 Å². The standard InChI is InChI=1S/C23H23ClN4O2/c24-18-6-7-20-26-19(15-28(20)14-18)23(17-4-2-1-3-5-17)8-10-27(11-9-23)22(30)16-12-21(29)25-13-16/h1-7,14-16H,8-13H2,(H,25,29). The summed E-state index contributed by atoms with van der Waals surface area (Å²) < 4.78 is 1.97. The highest BCUT2D eigenvalue weighted by Gasteiger charge is 2.42. The Hall–Kier alpha value is -2.86. The highest BCUT2D eigenvalue weighted by atomic mass is 35.5. The van der Waals surface area contributed by atoms with Gasteiger partial charge in [-0.2, -0.15) is 0 Å². The molecule has 2 aromatic heterocycles. The van der Waals surface area contributed by atoms with E-state index in [2.05, 4.69) is 35.8 Å². The maximum absolute atomic E-state index is 12.9. The van der Waals surface area contributed by atoms with Crippen LogP contribution in [0.25, 0.3) is 5.65 Å². The minimum Gasteiger partial charge on any atom is -0.355 e. The predicted molar refractivity (Wildman–Crippen MR) is 114 cm³/mol. The summed E-state index contributed by atoms with van der Waals surface area (Å²) in [6.07, 6.45) is 5.80. The molecule has 0 bridgehead atoms. The molecule has 1 N–H and O–H groups in total. The number of amides is 2. The van der Waals surface area contributed by atoms with E-state index in [0.717, 1.165) is 24.2 Å². The number of imidazole rings is 1. The Morgan fingerprint density at radius 1 is 1.10 bits per heavy atom. The molecule has 2 aliphatic heterocycles. The smallest absolute Gasteiger partial charge is 0.227 e. The second-order valence-corrected chi connectivity index (χ2v) is 8.65. The first-order valence-electron chi connectivity index (χ1n) is 10.3. The Labute approximate surface area is 179 Å². The number of carbonyl (C=O) groups excluding carboxylic acids is 2. The molecule has 0 radical (unpaired) electrons. The van der Waals surface area contributed by atoms with Gasteiger partial charge in [0.2, 0.25) is 11.8 Å². The summed E-state index contributed by atoms with van der Waals surface area (Å²) in [5.41, 5.74) is 2.81. The van der Waals surface area contributed by atoms with Crippen molar-refractivity contribution in [2.45, 2.75) is 24.7 Å². The van der Waals surface area contributed by atoms with Gasteiger partial charge in [-0.25, -0.2) is 4.98 Å². The van der Waals surface area contributed by atoms with Crippen molar-refractivity contribution in [1.29, 1.82) is 0 Å². The zero-order chi connectivity index (χ0) is 20.7. The highest BCUT2D eigenvalue weighted by molar-refractivity contribution is 6.30. The number of fused-ring (bicyclic) bond motifs is 1. The zero-order valence-electron chi connectivity index (χ0n) is 16.6. The summed E-state index contributed by atoms with van der Waals surface area (Å²) in [4.78, 5) is 31.3. The highest BCUT2D eigenvalue weighted by Crippen LogP contribution is 2.41. The number of hydrogen-bond acceptors (Lipinski definition) is 3. The third-order valence-electron chi connectivity index (χ3n) is 6.49. The molecule has 2 amide bonds. The van der Waals surface area contributed by atoms with Crippen LogP contribution in [-0.2, 0) is 15.0 Å². The van der Waals surface area contributed by atoms with E-state index in [1.807, 2.05) is 33.7 Å². The van der Waals surface area contributed by atoms with E-state index in [0.29, 0.717) is 31.1 Å². The first-order valence-corrected chi connectivity index (χ1v) is 10.7. The van der Waals surface area contributed by atoms with E-state index in [4.69, 9.17) is 16.6 Å². The molecular weight excluding hydrogens is 400 g/mol. The molecule has 154 valence electrons. The van der Waals surface area contributed by atoms with Gasteiger partial charge in [-0.15, -0.1) is 0 Å².